The van der Waals surface area contributed by atoms with Crippen molar-refractivity contribution in [3.63, 3.8) is 0 Å². The predicted molar refractivity (Wildman–Crippen MR) is 79.9 cm³/mol. The van der Waals surface area contributed by atoms with Crippen LogP contribution >= 0.6 is 11.6 Å². The van der Waals surface area contributed by atoms with Crippen LogP contribution in [0.5, 0.6) is 17.2 Å². The molecule has 0 saturated heterocycles. The van der Waals surface area contributed by atoms with Gasteiger partial charge in [0.05, 0.1) is 20.1 Å². The number of para-hydroxylation sites is 2. The van der Waals surface area contributed by atoms with Crippen LogP contribution in [-0.2, 0) is 12.5 Å². The third-order valence-electron chi connectivity index (χ3n) is 2.99. The molecule has 0 radical (unpaired) electrons. The van der Waals surface area contributed by atoms with E-state index in [2.05, 4.69) is 0 Å². The second kappa shape index (κ2) is 7.06. The molecular weight excluding hydrogens is 276 g/mol. The fraction of sp³-hybridized carbons (Fsp3) is 0.250. The van der Waals surface area contributed by atoms with Crippen LogP contribution in [-0.4, -0.2) is 14.2 Å². The first-order valence-electron chi connectivity index (χ1n) is 6.26. The normalized spacial score (nSPS) is 10.2. The summed E-state index contributed by atoms with van der Waals surface area (Å²) < 4.78 is 16.5. The van der Waals surface area contributed by atoms with E-state index in [-0.39, 0.29) is 0 Å². The van der Waals surface area contributed by atoms with Gasteiger partial charge in [0.2, 0.25) is 0 Å². The van der Waals surface area contributed by atoms with Gasteiger partial charge in [-0.15, -0.1) is 11.6 Å². The Morgan fingerprint density at radius 2 is 1.50 bits per heavy atom. The Hall–Kier alpha value is -1.87. The maximum Gasteiger partial charge on any atom is 0.166 e. The van der Waals surface area contributed by atoms with Crippen LogP contribution in [0.1, 0.15) is 11.1 Å². The van der Waals surface area contributed by atoms with E-state index in [1.165, 1.54) is 0 Å². The molecule has 0 bridgehead atoms. The molecule has 2 rings (SSSR count). The highest BCUT2D eigenvalue weighted by atomic mass is 35.5. The van der Waals surface area contributed by atoms with E-state index in [9.17, 15) is 0 Å². The Morgan fingerprint density at radius 3 is 2.20 bits per heavy atom. The van der Waals surface area contributed by atoms with Gasteiger partial charge in [-0.25, -0.2) is 0 Å². The van der Waals surface area contributed by atoms with Crippen molar-refractivity contribution in [1.29, 1.82) is 0 Å². The molecule has 0 spiro atoms. The predicted octanol–water partition coefficient (Wildman–Crippen LogP) is 4.02. The van der Waals surface area contributed by atoms with Gasteiger partial charge in [0.15, 0.2) is 11.5 Å². The van der Waals surface area contributed by atoms with E-state index < -0.39 is 0 Å². The van der Waals surface area contributed by atoms with E-state index in [0.717, 1.165) is 16.9 Å². The van der Waals surface area contributed by atoms with Crippen molar-refractivity contribution in [3.8, 4) is 17.2 Å². The standard InChI is InChI=1S/C16H17ClO3/c1-18-14-8-4-3-6-13(14)11-20-16-12(10-17)7-5-9-15(16)19-2/h3-9H,10-11H2,1-2H3. The van der Waals surface area contributed by atoms with Gasteiger partial charge in [-0.2, -0.15) is 0 Å². The highest BCUT2D eigenvalue weighted by Gasteiger charge is 2.11. The second-order valence-electron chi connectivity index (χ2n) is 4.18. The van der Waals surface area contributed by atoms with Crippen LogP contribution in [0, 0.1) is 0 Å². The molecule has 0 N–H and O–H groups in total. The summed E-state index contributed by atoms with van der Waals surface area (Å²) in [6.45, 7) is 0.397. The number of halogens is 1. The number of benzene rings is 2. The molecule has 20 heavy (non-hydrogen) atoms. The molecule has 2 aromatic carbocycles. The Bertz CT molecular complexity index is 547. The average Bonchev–Trinajstić information content (AvgIpc) is 2.52. The first kappa shape index (κ1) is 14.5. The van der Waals surface area contributed by atoms with Gasteiger partial charge in [-0.3, -0.25) is 0 Å². The maximum absolute atomic E-state index is 5.94. The molecule has 0 amide bonds. The van der Waals surface area contributed by atoms with Crippen molar-refractivity contribution < 1.29 is 14.2 Å². The Labute approximate surface area is 124 Å². The molecular formula is C16H17ClO3. The number of hydrogen-bond donors (Lipinski definition) is 0. The minimum absolute atomic E-state index is 0.373. The molecule has 3 nitrogen and oxygen atoms in total. The largest absolute Gasteiger partial charge is 0.496 e. The lowest BCUT2D eigenvalue weighted by Gasteiger charge is -2.15. The summed E-state index contributed by atoms with van der Waals surface area (Å²) in [5.74, 6) is 2.53. The van der Waals surface area contributed by atoms with Crippen LogP contribution in [0.2, 0.25) is 0 Å². The molecule has 4 heteroatoms. The van der Waals surface area contributed by atoms with E-state index in [0.29, 0.717) is 24.0 Å². The smallest absolute Gasteiger partial charge is 0.166 e. The molecule has 0 aliphatic carbocycles. The first-order valence-corrected chi connectivity index (χ1v) is 6.80. The summed E-state index contributed by atoms with van der Waals surface area (Å²) in [5, 5.41) is 0. The maximum atomic E-state index is 5.94. The summed E-state index contributed by atoms with van der Waals surface area (Å²) in [6, 6.07) is 13.4. The molecule has 0 fully saturated rings. The number of ether oxygens (including phenoxy) is 3. The van der Waals surface area contributed by atoms with Crippen LogP contribution in [0.4, 0.5) is 0 Å². The molecule has 0 aliphatic heterocycles. The lowest BCUT2D eigenvalue weighted by molar-refractivity contribution is 0.276. The molecule has 0 unspecified atom stereocenters. The summed E-state index contributed by atoms with van der Waals surface area (Å²) in [5.41, 5.74) is 1.88. The topological polar surface area (TPSA) is 27.7 Å². The van der Waals surface area contributed by atoms with Gasteiger partial charge in [0.25, 0.3) is 0 Å². The Balaban J connectivity index is 2.22. The van der Waals surface area contributed by atoms with Crippen molar-refractivity contribution in [2.24, 2.45) is 0 Å². The fourth-order valence-corrected chi connectivity index (χ4v) is 2.17. The summed E-state index contributed by atoms with van der Waals surface area (Å²) in [4.78, 5) is 0. The number of hydrogen-bond acceptors (Lipinski definition) is 3. The van der Waals surface area contributed by atoms with Crippen molar-refractivity contribution in [2.75, 3.05) is 14.2 Å². The fourth-order valence-electron chi connectivity index (χ4n) is 1.96. The van der Waals surface area contributed by atoms with Crippen molar-refractivity contribution in [3.05, 3.63) is 53.6 Å². The van der Waals surface area contributed by atoms with Crippen molar-refractivity contribution in [2.45, 2.75) is 12.5 Å². The number of alkyl halides is 1. The summed E-state index contributed by atoms with van der Waals surface area (Å²) in [6.07, 6.45) is 0. The SMILES string of the molecule is COc1ccccc1COc1c(CCl)cccc1OC. The highest BCUT2D eigenvalue weighted by Crippen LogP contribution is 2.33. The zero-order valence-electron chi connectivity index (χ0n) is 11.6. The second-order valence-corrected chi connectivity index (χ2v) is 4.45. The van der Waals surface area contributed by atoms with Crippen LogP contribution in [0.25, 0.3) is 0 Å². The zero-order chi connectivity index (χ0) is 14.4. The van der Waals surface area contributed by atoms with E-state index >= 15 is 0 Å². The molecule has 0 atom stereocenters. The molecule has 0 aromatic heterocycles. The van der Waals surface area contributed by atoms with Gasteiger partial charge < -0.3 is 14.2 Å². The summed E-state index contributed by atoms with van der Waals surface area (Å²) in [7, 11) is 3.26. The molecule has 0 heterocycles. The van der Waals surface area contributed by atoms with Crippen LogP contribution < -0.4 is 14.2 Å². The first-order chi connectivity index (χ1) is 9.80. The monoisotopic (exact) mass is 292 g/mol. The molecule has 0 aliphatic rings. The van der Waals surface area contributed by atoms with Crippen molar-refractivity contribution in [1.82, 2.24) is 0 Å². The van der Waals surface area contributed by atoms with Gasteiger partial charge >= 0.3 is 0 Å². The highest BCUT2D eigenvalue weighted by molar-refractivity contribution is 6.17. The number of methoxy groups -OCH3 is 2. The molecule has 2 aromatic rings. The van der Waals surface area contributed by atoms with E-state index in [1.54, 1.807) is 14.2 Å². The van der Waals surface area contributed by atoms with Gasteiger partial charge in [0, 0.05) is 11.1 Å². The Morgan fingerprint density at radius 1 is 0.850 bits per heavy atom. The van der Waals surface area contributed by atoms with E-state index in [4.69, 9.17) is 25.8 Å². The minimum Gasteiger partial charge on any atom is -0.496 e. The lowest BCUT2D eigenvalue weighted by atomic mass is 10.2. The van der Waals surface area contributed by atoms with Gasteiger partial charge in [0.1, 0.15) is 12.4 Å². The van der Waals surface area contributed by atoms with Crippen LogP contribution in [0.15, 0.2) is 42.5 Å². The van der Waals surface area contributed by atoms with Crippen molar-refractivity contribution >= 4 is 11.6 Å². The zero-order valence-corrected chi connectivity index (χ0v) is 12.3. The Kier molecular flexibility index (Phi) is 5.13. The minimum atomic E-state index is 0.373. The third-order valence-corrected chi connectivity index (χ3v) is 3.28. The lowest BCUT2D eigenvalue weighted by Crippen LogP contribution is -2.02. The van der Waals surface area contributed by atoms with E-state index in [1.807, 2.05) is 42.5 Å². The van der Waals surface area contributed by atoms with Crippen LogP contribution in [0.3, 0.4) is 0 Å². The molecule has 106 valence electrons. The third kappa shape index (κ3) is 3.17. The van der Waals surface area contributed by atoms with Gasteiger partial charge in [-0.1, -0.05) is 30.3 Å². The quantitative estimate of drug-likeness (QED) is 0.753. The van der Waals surface area contributed by atoms with Gasteiger partial charge in [-0.05, 0) is 12.1 Å². The summed E-state index contributed by atoms with van der Waals surface area (Å²) >= 11 is 5.94. The number of rotatable bonds is 6. The molecule has 0 saturated carbocycles. The average molecular weight is 293 g/mol.